The maximum absolute atomic E-state index is 12.9. The van der Waals surface area contributed by atoms with Crippen molar-refractivity contribution < 1.29 is 9.53 Å². The molecule has 0 spiro atoms. The Kier molecular flexibility index (Phi) is 5.69. The Morgan fingerprint density at radius 1 is 1.39 bits per heavy atom. The van der Waals surface area contributed by atoms with Crippen LogP contribution in [0, 0.1) is 11.3 Å². The minimum absolute atomic E-state index is 0.0413. The molecule has 4 nitrogen and oxygen atoms in total. The first-order chi connectivity index (χ1) is 10.8. The van der Waals surface area contributed by atoms with Crippen LogP contribution in [-0.2, 0) is 4.79 Å². The number of nitrogens with one attached hydrogen (secondary N) is 1. The number of piperazine rings is 1. The number of rotatable bonds is 4. The van der Waals surface area contributed by atoms with Crippen molar-refractivity contribution in [2.24, 2.45) is 11.3 Å². The van der Waals surface area contributed by atoms with Crippen molar-refractivity contribution >= 4 is 5.91 Å². The molecule has 2 unspecified atom stereocenters. The number of para-hydroxylation sites is 1. The summed E-state index contributed by atoms with van der Waals surface area (Å²) in [4.78, 5) is 14.9. The minimum Gasteiger partial charge on any atom is -0.496 e. The van der Waals surface area contributed by atoms with Gasteiger partial charge in [-0.3, -0.25) is 4.79 Å². The lowest BCUT2D eigenvalue weighted by Gasteiger charge is -2.38. The normalized spacial score (nSPS) is 20.2. The molecule has 128 valence electrons. The monoisotopic (exact) mass is 318 g/mol. The molecule has 23 heavy (non-hydrogen) atoms. The van der Waals surface area contributed by atoms with Crippen LogP contribution in [0.4, 0.5) is 0 Å². The molecule has 4 heteroatoms. The van der Waals surface area contributed by atoms with Gasteiger partial charge >= 0.3 is 0 Å². The molecule has 1 amide bonds. The van der Waals surface area contributed by atoms with Gasteiger partial charge in [0.2, 0.25) is 5.91 Å². The molecule has 0 bridgehead atoms. The van der Waals surface area contributed by atoms with E-state index in [9.17, 15) is 4.79 Å². The molecular weight excluding hydrogens is 288 g/mol. The number of benzene rings is 1. The SMILES string of the molecule is COc1ccccc1C1CNCCN1C(=O)CC(C)C(C)(C)C. The second-order valence-electron chi connectivity index (χ2n) is 7.52. The van der Waals surface area contributed by atoms with E-state index >= 15 is 0 Å². The van der Waals surface area contributed by atoms with E-state index in [0.29, 0.717) is 12.3 Å². The zero-order chi connectivity index (χ0) is 17.0. The van der Waals surface area contributed by atoms with E-state index in [-0.39, 0.29) is 17.4 Å². The molecule has 1 aromatic rings. The molecule has 1 aliphatic heterocycles. The number of carbonyl (C=O) groups is 1. The summed E-state index contributed by atoms with van der Waals surface area (Å²) in [6.45, 7) is 11.1. The smallest absolute Gasteiger partial charge is 0.223 e. The third-order valence-corrected chi connectivity index (χ3v) is 5.02. The van der Waals surface area contributed by atoms with E-state index in [1.807, 2.05) is 23.1 Å². The largest absolute Gasteiger partial charge is 0.496 e. The van der Waals surface area contributed by atoms with Gasteiger partial charge in [-0.2, -0.15) is 0 Å². The van der Waals surface area contributed by atoms with Gasteiger partial charge in [0, 0.05) is 31.6 Å². The van der Waals surface area contributed by atoms with E-state index in [1.54, 1.807) is 7.11 Å². The quantitative estimate of drug-likeness (QED) is 0.926. The average Bonchev–Trinajstić information content (AvgIpc) is 2.53. The predicted octanol–water partition coefficient (Wildman–Crippen LogP) is 3.24. The number of nitrogens with zero attached hydrogens (tertiary/aromatic N) is 1. The minimum atomic E-state index is 0.0413. The van der Waals surface area contributed by atoms with Crippen LogP contribution in [-0.4, -0.2) is 37.6 Å². The molecule has 0 saturated carbocycles. The van der Waals surface area contributed by atoms with Crippen molar-refractivity contribution in [2.75, 3.05) is 26.7 Å². The Bertz CT molecular complexity index is 536. The molecule has 1 aliphatic rings. The van der Waals surface area contributed by atoms with E-state index in [0.717, 1.165) is 30.9 Å². The van der Waals surface area contributed by atoms with E-state index < -0.39 is 0 Å². The van der Waals surface area contributed by atoms with Gasteiger partial charge in [0.1, 0.15) is 5.75 Å². The summed E-state index contributed by atoms with van der Waals surface area (Å²) in [5.41, 5.74) is 1.22. The Hall–Kier alpha value is -1.55. The number of methoxy groups -OCH3 is 1. The van der Waals surface area contributed by atoms with E-state index in [2.05, 4.69) is 39.1 Å². The molecule has 1 N–H and O–H groups in total. The second kappa shape index (κ2) is 7.35. The van der Waals surface area contributed by atoms with Crippen molar-refractivity contribution in [1.82, 2.24) is 10.2 Å². The lowest BCUT2D eigenvalue weighted by molar-refractivity contribution is -0.136. The number of hydrogen-bond donors (Lipinski definition) is 1. The van der Waals surface area contributed by atoms with Gasteiger partial charge in [-0.05, 0) is 17.4 Å². The Labute approximate surface area is 140 Å². The Balaban J connectivity index is 2.20. The van der Waals surface area contributed by atoms with Crippen molar-refractivity contribution in [2.45, 2.75) is 40.2 Å². The van der Waals surface area contributed by atoms with Crippen LogP contribution in [0.15, 0.2) is 24.3 Å². The lowest BCUT2D eigenvalue weighted by Crippen LogP contribution is -2.49. The topological polar surface area (TPSA) is 41.6 Å². The number of carbonyl (C=O) groups excluding carboxylic acids is 1. The summed E-state index contributed by atoms with van der Waals surface area (Å²) in [5.74, 6) is 1.44. The van der Waals surface area contributed by atoms with Gasteiger partial charge in [-0.25, -0.2) is 0 Å². The van der Waals surface area contributed by atoms with Gasteiger partial charge in [-0.15, -0.1) is 0 Å². The number of hydrogen-bond acceptors (Lipinski definition) is 3. The van der Waals surface area contributed by atoms with Gasteiger partial charge in [0.05, 0.1) is 13.2 Å². The first kappa shape index (κ1) is 17.8. The number of ether oxygens (including phenoxy) is 1. The third-order valence-electron chi connectivity index (χ3n) is 5.02. The first-order valence-corrected chi connectivity index (χ1v) is 8.47. The van der Waals surface area contributed by atoms with Crippen LogP contribution in [0.1, 0.15) is 45.7 Å². The Morgan fingerprint density at radius 2 is 2.09 bits per heavy atom. The fraction of sp³-hybridized carbons (Fsp3) is 0.632. The highest BCUT2D eigenvalue weighted by molar-refractivity contribution is 5.77. The van der Waals surface area contributed by atoms with Crippen molar-refractivity contribution in [1.29, 1.82) is 0 Å². The maximum Gasteiger partial charge on any atom is 0.223 e. The molecule has 0 radical (unpaired) electrons. The fourth-order valence-corrected chi connectivity index (χ4v) is 2.91. The molecule has 0 aromatic heterocycles. The molecule has 2 rings (SSSR count). The lowest BCUT2D eigenvalue weighted by atomic mass is 9.80. The van der Waals surface area contributed by atoms with Crippen LogP contribution in [0.2, 0.25) is 0 Å². The van der Waals surface area contributed by atoms with Crippen LogP contribution < -0.4 is 10.1 Å². The van der Waals surface area contributed by atoms with Gasteiger partial charge in [-0.1, -0.05) is 45.9 Å². The average molecular weight is 318 g/mol. The summed E-state index contributed by atoms with van der Waals surface area (Å²) in [5, 5.41) is 3.40. The highest BCUT2D eigenvalue weighted by Crippen LogP contribution is 2.33. The van der Waals surface area contributed by atoms with Crippen LogP contribution in [0.5, 0.6) is 5.75 Å². The third kappa shape index (κ3) is 4.25. The second-order valence-corrected chi connectivity index (χ2v) is 7.52. The van der Waals surface area contributed by atoms with Crippen molar-refractivity contribution in [3.05, 3.63) is 29.8 Å². The zero-order valence-corrected chi connectivity index (χ0v) is 15.1. The highest BCUT2D eigenvalue weighted by Gasteiger charge is 2.32. The summed E-state index contributed by atoms with van der Waals surface area (Å²) in [6.07, 6.45) is 0.592. The van der Waals surface area contributed by atoms with Gasteiger partial charge in [0.25, 0.3) is 0 Å². The van der Waals surface area contributed by atoms with Gasteiger partial charge < -0.3 is 15.0 Å². The van der Waals surface area contributed by atoms with E-state index in [1.165, 1.54) is 0 Å². The molecule has 1 fully saturated rings. The summed E-state index contributed by atoms with van der Waals surface area (Å²) in [7, 11) is 1.68. The van der Waals surface area contributed by atoms with Crippen LogP contribution in [0.25, 0.3) is 0 Å². The molecule has 1 saturated heterocycles. The van der Waals surface area contributed by atoms with Crippen LogP contribution >= 0.6 is 0 Å². The van der Waals surface area contributed by atoms with Crippen molar-refractivity contribution in [3.8, 4) is 5.75 Å². The van der Waals surface area contributed by atoms with E-state index in [4.69, 9.17) is 4.74 Å². The van der Waals surface area contributed by atoms with Gasteiger partial charge in [0.15, 0.2) is 0 Å². The van der Waals surface area contributed by atoms with Crippen LogP contribution in [0.3, 0.4) is 0 Å². The molecule has 2 atom stereocenters. The Morgan fingerprint density at radius 3 is 2.74 bits per heavy atom. The fourth-order valence-electron chi connectivity index (χ4n) is 2.91. The molecule has 0 aliphatic carbocycles. The summed E-state index contributed by atoms with van der Waals surface area (Å²) >= 11 is 0. The maximum atomic E-state index is 12.9. The highest BCUT2D eigenvalue weighted by atomic mass is 16.5. The standard InChI is InChI=1S/C19H30N2O2/c1-14(19(2,3)4)12-18(22)21-11-10-20-13-16(21)15-8-6-7-9-17(15)23-5/h6-9,14,16,20H,10-13H2,1-5H3. The summed E-state index contributed by atoms with van der Waals surface area (Å²) in [6, 6.07) is 8.03. The van der Waals surface area contributed by atoms with Crippen molar-refractivity contribution in [3.63, 3.8) is 0 Å². The molecule has 1 heterocycles. The summed E-state index contributed by atoms with van der Waals surface area (Å²) < 4.78 is 5.50. The predicted molar refractivity (Wildman–Crippen MR) is 93.6 cm³/mol. The number of amides is 1. The molecular formula is C19H30N2O2. The zero-order valence-electron chi connectivity index (χ0n) is 15.1. The first-order valence-electron chi connectivity index (χ1n) is 8.47. The molecule has 1 aromatic carbocycles.